The molecule has 146 valence electrons. The molecule has 0 spiro atoms. The van der Waals surface area contributed by atoms with E-state index in [-0.39, 0.29) is 21.8 Å². The first-order valence-electron chi connectivity index (χ1n) is 8.05. The van der Waals surface area contributed by atoms with Crippen molar-refractivity contribution in [3.63, 3.8) is 0 Å². The summed E-state index contributed by atoms with van der Waals surface area (Å²) < 4.78 is 41.1. The Bertz CT molecular complexity index is 1170. The average Bonchev–Trinajstić information content (AvgIpc) is 2.60. The van der Waals surface area contributed by atoms with Crippen LogP contribution in [-0.2, 0) is 0 Å². The summed E-state index contributed by atoms with van der Waals surface area (Å²) in [4.78, 5) is 30.8. The lowest BCUT2D eigenvalue weighted by Crippen LogP contribution is -2.17. The van der Waals surface area contributed by atoms with Gasteiger partial charge in [-0.25, -0.2) is 0 Å². The first-order valence-corrected chi connectivity index (χ1v) is 8.43. The van der Waals surface area contributed by atoms with Crippen LogP contribution in [0.2, 0.25) is 5.02 Å². The number of aromatic amines is 2. The molecule has 0 saturated carbocycles. The third kappa shape index (κ3) is 3.96. The number of ether oxygens (including phenoxy) is 1. The highest BCUT2D eigenvalue weighted by Gasteiger charge is 2.31. The van der Waals surface area contributed by atoms with Gasteiger partial charge in [0.05, 0.1) is 11.1 Å². The Hall–Kier alpha value is -3.00. The van der Waals surface area contributed by atoms with Gasteiger partial charge in [0, 0.05) is 34.9 Å². The predicted molar refractivity (Wildman–Crippen MR) is 99.7 cm³/mol. The van der Waals surface area contributed by atoms with Gasteiger partial charge in [-0.3, -0.25) is 9.59 Å². The van der Waals surface area contributed by atoms with E-state index < -0.39 is 23.0 Å². The van der Waals surface area contributed by atoms with Gasteiger partial charge in [-0.15, -0.1) is 13.2 Å². The summed E-state index contributed by atoms with van der Waals surface area (Å²) in [6.45, 7) is 3.29. The van der Waals surface area contributed by atoms with E-state index in [4.69, 9.17) is 11.6 Å². The Morgan fingerprint density at radius 2 is 1.79 bits per heavy atom. The van der Waals surface area contributed by atoms with E-state index in [9.17, 15) is 22.8 Å². The van der Waals surface area contributed by atoms with Gasteiger partial charge in [-0.2, -0.15) is 0 Å². The molecule has 5 nitrogen and oxygen atoms in total. The molecule has 0 amide bonds. The molecule has 0 saturated heterocycles. The lowest BCUT2D eigenvalue weighted by molar-refractivity contribution is -0.274. The fraction of sp³-hybridized carbons (Fsp3) is 0.158. The highest BCUT2D eigenvalue weighted by atomic mass is 35.5. The van der Waals surface area contributed by atoms with Crippen LogP contribution in [-0.4, -0.2) is 16.3 Å². The highest BCUT2D eigenvalue weighted by molar-refractivity contribution is 6.31. The van der Waals surface area contributed by atoms with Crippen molar-refractivity contribution < 1.29 is 17.9 Å². The molecule has 0 aliphatic heterocycles. The highest BCUT2D eigenvalue weighted by Crippen LogP contribution is 2.27. The summed E-state index contributed by atoms with van der Waals surface area (Å²) in [5.41, 5.74) is 0.836. The maximum atomic E-state index is 12.6. The largest absolute Gasteiger partial charge is 0.573 e. The van der Waals surface area contributed by atoms with E-state index in [0.29, 0.717) is 17.0 Å². The lowest BCUT2D eigenvalue weighted by Gasteiger charge is -2.11. The maximum Gasteiger partial charge on any atom is 0.573 e. The second-order valence-electron chi connectivity index (χ2n) is 6.09. The van der Waals surface area contributed by atoms with Gasteiger partial charge in [0.2, 0.25) is 5.43 Å². The van der Waals surface area contributed by atoms with Crippen molar-refractivity contribution in [1.29, 1.82) is 0 Å². The molecule has 9 heteroatoms. The zero-order valence-electron chi connectivity index (χ0n) is 14.7. The van der Waals surface area contributed by atoms with Crippen molar-refractivity contribution in [1.82, 2.24) is 9.97 Å². The molecule has 3 rings (SSSR count). The number of benzene rings is 1. The van der Waals surface area contributed by atoms with Gasteiger partial charge in [0.15, 0.2) is 5.43 Å². The molecule has 0 bridgehead atoms. The zero-order valence-corrected chi connectivity index (χ0v) is 15.5. The van der Waals surface area contributed by atoms with Gasteiger partial charge >= 0.3 is 6.36 Å². The van der Waals surface area contributed by atoms with Crippen LogP contribution in [0.4, 0.5) is 13.2 Å². The molecule has 0 aliphatic carbocycles. The van der Waals surface area contributed by atoms with E-state index in [1.54, 1.807) is 13.8 Å². The van der Waals surface area contributed by atoms with E-state index >= 15 is 0 Å². The number of hydrogen-bond donors (Lipinski definition) is 2. The lowest BCUT2D eigenvalue weighted by atomic mass is 10.0. The molecule has 3 aromatic rings. The van der Waals surface area contributed by atoms with E-state index in [0.717, 1.165) is 12.1 Å². The van der Waals surface area contributed by atoms with Crippen molar-refractivity contribution in [3.8, 4) is 28.1 Å². The first kappa shape index (κ1) is 19.8. The van der Waals surface area contributed by atoms with Crippen LogP contribution in [0.25, 0.3) is 22.4 Å². The summed E-state index contributed by atoms with van der Waals surface area (Å²) in [5.74, 6) is -0.410. The third-order valence-corrected chi connectivity index (χ3v) is 4.52. The Labute approximate surface area is 161 Å². The molecule has 28 heavy (non-hydrogen) atoms. The van der Waals surface area contributed by atoms with Crippen LogP contribution in [0.5, 0.6) is 5.75 Å². The molecule has 0 radical (unpaired) electrons. The van der Waals surface area contributed by atoms with Gasteiger partial charge in [-0.1, -0.05) is 23.7 Å². The van der Waals surface area contributed by atoms with Crippen molar-refractivity contribution in [3.05, 3.63) is 73.4 Å². The number of aromatic nitrogens is 2. The molecule has 2 N–H and O–H groups in total. The summed E-state index contributed by atoms with van der Waals surface area (Å²) >= 11 is 5.99. The van der Waals surface area contributed by atoms with E-state index in [1.165, 1.54) is 24.4 Å². The van der Waals surface area contributed by atoms with Gasteiger partial charge in [-0.05, 0) is 26.0 Å². The Kier molecular flexibility index (Phi) is 5.08. The molecule has 0 atom stereocenters. The molecule has 1 aromatic carbocycles. The molecule has 0 aliphatic rings. The molecule has 0 unspecified atom stereocenters. The minimum absolute atomic E-state index is 0.0129. The summed E-state index contributed by atoms with van der Waals surface area (Å²) in [6, 6.07) is 6.40. The standard InChI is InChI=1S/C19H14ClF3N2O3/c1-9-16(18(27)17(20)10(2)25-9)13-8-24-14(7-15(13)26)11-4-3-5-12(6-11)28-19(21,22)23/h3-8H,1-2H3,(H,24,26)(H,25,27). The Balaban J connectivity index is 2.06. The molecule has 0 fully saturated rings. The fourth-order valence-electron chi connectivity index (χ4n) is 2.87. The predicted octanol–water partition coefficient (Wildman–Crippen LogP) is 4.57. The van der Waals surface area contributed by atoms with Gasteiger partial charge in [0.25, 0.3) is 0 Å². The second-order valence-corrected chi connectivity index (χ2v) is 6.47. The van der Waals surface area contributed by atoms with Crippen LogP contribution < -0.4 is 15.6 Å². The van der Waals surface area contributed by atoms with Crippen LogP contribution in [0.3, 0.4) is 0 Å². The van der Waals surface area contributed by atoms with E-state index in [2.05, 4.69) is 14.7 Å². The quantitative estimate of drug-likeness (QED) is 0.664. The summed E-state index contributed by atoms with van der Waals surface area (Å²) in [6.07, 6.45) is -3.49. The number of rotatable bonds is 3. The average molecular weight is 411 g/mol. The number of pyridine rings is 2. The van der Waals surface area contributed by atoms with Crippen molar-refractivity contribution in [2.24, 2.45) is 0 Å². The monoisotopic (exact) mass is 410 g/mol. The normalized spacial score (nSPS) is 11.5. The molecule has 2 aromatic heterocycles. The van der Waals surface area contributed by atoms with Gasteiger partial charge in [0.1, 0.15) is 10.8 Å². The summed E-state index contributed by atoms with van der Waals surface area (Å²) in [7, 11) is 0. The van der Waals surface area contributed by atoms with Crippen LogP contribution in [0, 0.1) is 13.8 Å². The molecular weight excluding hydrogens is 397 g/mol. The topological polar surface area (TPSA) is 75.0 Å². The van der Waals surface area contributed by atoms with Crippen molar-refractivity contribution >= 4 is 11.6 Å². The van der Waals surface area contributed by atoms with Crippen LogP contribution in [0.1, 0.15) is 11.4 Å². The fourth-order valence-corrected chi connectivity index (χ4v) is 3.01. The number of hydrogen-bond acceptors (Lipinski definition) is 3. The summed E-state index contributed by atoms with van der Waals surface area (Å²) in [5, 5.41) is -0.0129. The number of halogens is 4. The van der Waals surface area contributed by atoms with Crippen LogP contribution in [0.15, 0.2) is 46.1 Å². The van der Waals surface area contributed by atoms with Crippen LogP contribution >= 0.6 is 11.6 Å². The maximum absolute atomic E-state index is 12.6. The number of H-pyrrole nitrogens is 2. The number of alkyl halides is 3. The van der Waals surface area contributed by atoms with Gasteiger partial charge < -0.3 is 14.7 Å². The Morgan fingerprint density at radius 1 is 1.07 bits per heavy atom. The molecular formula is C19H14ClF3N2O3. The van der Waals surface area contributed by atoms with Crippen molar-refractivity contribution in [2.45, 2.75) is 20.2 Å². The smallest absolute Gasteiger partial charge is 0.406 e. The SMILES string of the molecule is Cc1[nH]c(C)c(-c2c[nH]c(-c3cccc(OC(F)(F)F)c3)cc2=O)c(=O)c1Cl. The minimum atomic E-state index is -4.82. The zero-order chi connectivity index (χ0) is 20.6. The number of aryl methyl sites for hydroxylation is 2. The Morgan fingerprint density at radius 3 is 2.43 bits per heavy atom. The number of nitrogens with one attached hydrogen (secondary N) is 2. The first-order chi connectivity index (χ1) is 13.1. The molecule has 2 heterocycles. The third-order valence-electron chi connectivity index (χ3n) is 4.07. The van der Waals surface area contributed by atoms with E-state index in [1.807, 2.05) is 0 Å². The minimum Gasteiger partial charge on any atom is -0.406 e. The van der Waals surface area contributed by atoms with Crippen molar-refractivity contribution in [2.75, 3.05) is 0 Å². The second kappa shape index (κ2) is 7.20.